The molecule has 0 atom stereocenters. The minimum absolute atomic E-state index is 0.196. The van der Waals surface area contributed by atoms with E-state index in [1.165, 1.54) is 18.3 Å². The number of aromatic nitrogens is 1. The zero-order chi connectivity index (χ0) is 19.4. The van der Waals surface area contributed by atoms with E-state index in [9.17, 15) is 18.0 Å². The third kappa shape index (κ3) is 4.25. The molecule has 0 aliphatic heterocycles. The van der Waals surface area contributed by atoms with Crippen molar-refractivity contribution in [1.82, 2.24) is 9.88 Å². The molecule has 2 aromatic carbocycles. The van der Waals surface area contributed by atoms with E-state index in [2.05, 4.69) is 10.3 Å². The summed E-state index contributed by atoms with van der Waals surface area (Å²) in [7, 11) is 1.68. The Labute approximate surface area is 154 Å². The molecule has 0 unspecified atom stereocenters. The Morgan fingerprint density at radius 3 is 2.41 bits per heavy atom. The van der Waals surface area contributed by atoms with Gasteiger partial charge in [0.15, 0.2) is 17.5 Å². The zero-order valence-corrected chi connectivity index (χ0v) is 14.4. The lowest BCUT2D eigenvalue weighted by Crippen LogP contribution is -2.26. The number of rotatable bonds is 5. The third-order valence-corrected chi connectivity index (χ3v) is 3.92. The molecule has 1 aromatic heterocycles. The van der Waals surface area contributed by atoms with Gasteiger partial charge in [0.2, 0.25) is 0 Å². The van der Waals surface area contributed by atoms with Crippen molar-refractivity contribution in [2.45, 2.75) is 6.54 Å². The molecule has 1 heterocycles. The van der Waals surface area contributed by atoms with Crippen molar-refractivity contribution in [1.29, 1.82) is 0 Å². The number of benzene rings is 2. The topological polar surface area (TPSA) is 45.2 Å². The first-order valence-corrected chi connectivity index (χ1v) is 8.11. The molecule has 1 N–H and O–H groups in total. The van der Waals surface area contributed by atoms with E-state index in [4.69, 9.17) is 0 Å². The van der Waals surface area contributed by atoms with Gasteiger partial charge in [-0.1, -0.05) is 30.3 Å². The molecular formula is C20H16F3N3O. The van der Waals surface area contributed by atoms with Crippen molar-refractivity contribution < 1.29 is 18.0 Å². The van der Waals surface area contributed by atoms with Crippen LogP contribution in [0.15, 0.2) is 60.8 Å². The number of carbonyl (C=O) groups excluding carboxylic acids is 1. The summed E-state index contributed by atoms with van der Waals surface area (Å²) in [5.41, 5.74) is 1.10. The van der Waals surface area contributed by atoms with Crippen molar-refractivity contribution in [3.05, 3.63) is 89.4 Å². The highest BCUT2D eigenvalue weighted by molar-refractivity contribution is 5.93. The lowest BCUT2D eigenvalue weighted by molar-refractivity contribution is 0.0784. The maximum absolute atomic E-state index is 13.7. The van der Waals surface area contributed by atoms with E-state index < -0.39 is 17.5 Å². The molecule has 0 aliphatic carbocycles. The number of nitrogens with zero attached hydrogens (tertiary/aromatic N) is 2. The average Bonchev–Trinajstić information content (AvgIpc) is 2.69. The molecular weight excluding hydrogens is 355 g/mol. The Morgan fingerprint density at radius 2 is 1.74 bits per heavy atom. The second kappa shape index (κ2) is 7.90. The molecule has 3 rings (SSSR count). The first-order valence-electron chi connectivity index (χ1n) is 8.11. The molecule has 0 saturated heterocycles. The lowest BCUT2D eigenvalue weighted by atomic mass is 10.2. The second-order valence-corrected chi connectivity index (χ2v) is 5.93. The first-order chi connectivity index (χ1) is 13.0. The van der Waals surface area contributed by atoms with Gasteiger partial charge in [-0.05, 0) is 29.8 Å². The number of anilines is 2. The lowest BCUT2D eigenvalue weighted by Gasteiger charge is -2.17. The largest absolute Gasteiger partial charge is 0.338 e. The van der Waals surface area contributed by atoms with Crippen LogP contribution in [0.5, 0.6) is 0 Å². The number of carbonyl (C=O) groups is 1. The maximum Gasteiger partial charge on any atom is 0.255 e. The highest BCUT2D eigenvalue weighted by Crippen LogP contribution is 2.22. The Kier molecular flexibility index (Phi) is 5.40. The van der Waals surface area contributed by atoms with Crippen LogP contribution in [0.25, 0.3) is 0 Å². The van der Waals surface area contributed by atoms with Crippen molar-refractivity contribution in [2.24, 2.45) is 0 Å². The smallest absolute Gasteiger partial charge is 0.255 e. The molecule has 0 spiro atoms. The second-order valence-electron chi connectivity index (χ2n) is 5.93. The summed E-state index contributed by atoms with van der Waals surface area (Å²) in [4.78, 5) is 18.1. The molecule has 1 amide bonds. The van der Waals surface area contributed by atoms with Gasteiger partial charge in [-0.2, -0.15) is 0 Å². The van der Waals surface area contributed by atoms with Gasteiger partial charge in [-0.15, -0.1) is 0 Å². The number of halogens is 3. The highest BCUT2D eigenvalue weighted by atomic mass is 19.2. The Bertz CT molecular complexity index is 947. The third-order valence-electron chi connectivity index (χ3n) is 3.92. The summed E-state index contributed by atoms with van der Waals surface area (Å²) in [6.45, 7) is 0.444. The fourth-order valence-corrected chi connectivity index (χ4v) is 2.50. The minimum atomic E-state index is -1.56. The molecule has 0 saturated carbocycles. The predicted octanol–water partition coefficient (Wildman–Crippen LogP) is 4.51. The summed E-state index contributed by atoms with van der Waals surface area (Å²) in [5, 5.41) is 2.56. The van der Waals surface area contributed by atoms with E-state index in [0.29, 0.717) is 12.1 Å². The normalized spacial score (nSPS) is 10.5. The fourth-order valence-electron chi connectivity index (χ4n) is 2.50. The fraction of sp³-hybridized carbons (Fsp3) is 0.100. The molecule has 138 valence electrons. The molecule has 0 radical (unpaired) electrons. The molecule has 0 fully saturated rings. The van der Waals surface area contributed by atoms with Crippen molar-refractivity contribution in [3.63, 3.8) is 0 Å². The SMILES string of the molecule is CN(Cc1ccccc1)C(=O)c1ccc(Nc2ccc(F)c(F)c2F)nc1. The van der Waals surface area contributed by atoms with Crippen LogP contribution in [0.2, 0.25) is 0 Å². The molecule has 7 heteroatoms. The number of hydrogen-bond acceptors (Lipinski definition) is 3. The van der Waals surface area contributed by atoms with Crippen LogP contribution in [0, 0.1) is 17.5 Å². The van der Waals surface area contributed by atoms with Gasteiger partial charge in [0.1, 0.15) is 5.82 Å². The number of pyridine rings is 1. The van der Waals surface area contributed by atoms with Crippen LogP contribution < -0.4 is 5.32 Å². The van der Waals surface area contributed by atoms with Crippen LogP contribution in [-0.4, -0.2) is 22.8 Å². The Morgan fingerprint density at radius 1 is 1.00 bits per heavy atom. The van der Waals surface area contributed by atoms with Crippen LogP contribution in [0.4, 0.5) is 24.7 Å². The van der Waals surface area contributed by atoms with Crippen LogP contribution in [-0.2, 0) is 6.54 Å². The van der Waals surface area contributed by atoms with Crippen LogP contribution >= 0.6 is 0 Å². The summed E-state index contributed by atoms with van der Waals surface area (Å²) in [6.07, 6.45) is 1.34. The van der Waals surface area contributed by atoms with E-state index in [-0.39, 0.29) is 17.4 Å². The molecule has 0 aliphatic rings. The zero-order valence-electron chi connectivity index (χ0n) is 14.4. The van der Waals surface area contributed by atoms with E-state index in [1.807, 2.05) is 30.3 Å². The van der Waals surface area contributed by atoms with Gasteiger partial charge in [0.05, 0.1) is 11.3 Å². The van der Waals surface area contributed by atoms with Gasteiger partial charge in [-0.3, -0.25) is 4.79 Å². The van der Waals surface area contributed by atoms with Gasteiger partial charge >= 0.3 is 0 Å². The van der Waals surface area contributed by atoms with E-state index in [0.717, 1.165) is 17.7 Å². The summed E-state index contributed by atoms with van der Waals surface area (Å²) in [6, 6.07) is 14.4. The molecule has 4 nitrogen and oxygen atoms in total. The number of nitrogens with one attached hydrogen (secondary N) is 1. The van der Waals surface area contributed by atoms with Crippen molar-refractivity contribution >= 4 is 17.4 Å². The molecule has 27 heavy (non-hydrogen) atoms. The van der Waals surface area contributed by atoms with Gasteiger partial charge in [-0.25, -0.2) is 18.2 Å². The summed E-state index contributed by atoms with van der Waals surface area (Å²) < 4.78 is 39.9. The maximum atomic E-state index is 13.7. The summed E-state index contributed by atoms with van der Waals surface area (Å²) in [5.74, 6) is -4.19. The quantitative estimate of drug-likeness (QED) is 0.671. The van der Waals surface area contributed by atoms with Crippen LogP contribution in [0.1, 0.15) is 15.9 Å². The van der Waals surface area contributed by atoms with Crippen molar-refractivity contribution in [3.8, 4) is 0 Å². The van der Waals surface area contributed by atoms with E-state index >= 15 is 0 Å². The Balaban J connectivity index is 1.69. The van der Waals surface area contributed by atoms with Crippen LogP contribution in [0.3, 0.4) is 0 Å². The average molecular weight is 371 g/mol. The van der Waals surface area contributed by atoms with Gasteiger partial charge < -0.3 is 10.2 Å². The predicted molar refractivity (Wildman–Crippen MR) is 96.1 cm³/mol. The Hall–Kier alpha value is -3.35. The summed E-state index contributed by atoms with van der Waals surface area (Å²) >= 11 is 0. The molecule has 3 aromatic rings. The highest BCUT2D eigenvalue weighted by Gasteiger charge is 2.15. The standard InChI is InChI=1S/C20H16F3N3O/c1-26(12-13-5-3-2-4-6-13)20(27)14-7-10-17(24-11-14)25-16-9-8-15(21)18(22)19(16)23/h2-11H,12H2,1H3,(H,24,25). The van der Waals surface area contributed by atoms with Gasteiger partial charge in [0.25, 0.3) is 5.91 Å². The number of amides is 1. The monoisotopic (exact) mass is 371 g/mol. The molecule has 0 bridgehead atoms. The van der Waals surface area contributed by atoms with Gasteiger partial charge in [0, 0.05) is 19.8 Å². The van der Waals surface area contributed by atoms with E-state index in [1.54, 1.807) is 11.9 Å². The number of hydrogen-bond donors (Lipinski definition) is 1. The minimum Gasteiger partial charge on any atom is -0.338 e. The first kappa shape index (κ1) is 18.4. The van der Waals surface area contributed by atoms with Crippen molar-refractivity contribution in [2.75, 3.05) is 12.4 Å².